The number of esters is 1. The van der Waals surface area contributed by atoms with Crippen molar-refractivity contribution >= 4 is 34.4 Å². The normalized spacial score (nSPS) is 10.9. The van der Waals surface area contributed by atoms with Crippen LogP contribution in [0.5, 0.6) is 11.5 Å². The van der Waals surface area contributed by atoms with E-state index in [0.29, 0.717) is 12.0 Å². The third-order valence-corrected chi connectivity index (χ3v) is 5.87. The number of ether oxygens (including phenoxy) is 2. The van der Waals surface area contributed by atoms with Crippen molar-refractivity contribution in [1.29, 1.82) is 5.26 Å². The molecular formula is C27H19FN4O4S. The summed E-state index contributed by atoms with van der Waals surface area (Å²) in [7, 11) is 1.39. The lowest BCUT2D eigenvalue weighted by atomic mass is 10.1. The molecular weight excluding hydrogens is 495 g/mol. The van der Waals surface area contributed by atoms with Gasteiger partial charge in [-0.25, -0.2) is 9.18 Å². The van der Waals surface area contributed by atoms with Crippen molar-refractivity contribution in [2.24, 2.45) is 0 Å². The Hall–Kier alpha value is -4.88. The van der Waals surface area contributed by atoms with Gasteiger partial charge in [0.1, 0.15) is 22.5 Å². The Labute approximate surface area is 215 Å². The number of halogens is 1. The summed E-state index contributed by atoms with van der Waals surface area (Å²) in [6.45, 7) is 0. The van der Waals surface area contributed by atoms with Crippen molar-refractivity contribution in [3.8, 4) is 17.6 Å². The van der Waals surface area contributed by atoms with Crippen molar-refractivity contribution in [2.45, 2.75) is 6.42 Å². The van der Waals surface area contributed by atoms with Crippen molar-refractivity contribution in [3.05, 3.63) is 106 Å². The number of amides is 1. The predicted molar refractivity (Wildman–Crippen MR) is 136 cm³/mol. The molecule has 0 unspecified atom stereocenters. The molecule has 0 saturated carbocycles. The smallest absolute Gasteiger partial charge is 0.343 e. The van der Waals surface area contributed by atoms with E-state index in [2.05, 4.69) is 15.5 Å². The van der Waals surface area contributed by atoms with E-state index >= 15 is 0 Å². The summed E-state index contributed by atoms with van der Waals surface area (Å²) in [6, 6.07) is 21.1. The van der Waals surface area contributed by atoms with Crippen LogP contribution >= 0.6 is 11.3 Å². The summed E-state index contributed by atoms with van der Waals surface area (Å²) in [5, 5.41) is 21.2. The minimum Gasteiger partial charge on any atom is -0.493 e. The number of benzene rings is 3. The molecule has 0 radical (unpaired) electrons. The van der Waals surface area contributed by atoms with E-state index in [9.17, 15) is 19.2 Å². The van der Waals surface area contributed by atoms with Gasteiger partial charge in [0, 0.05) is 6.42 Å². The Kier molecular flexibility index (Phi) is 7.98. The summed E-state index contributed by atoms with van der Waals surface area (Å²) in [5.74, 6) is -1.48. The molecule has 184 valence electrons. The van der Waals surface area contributed by atoms with Gasteiger partial charge in [-0.05, 0) is 53.6 Å². The van der Waals surface area contributed by atoms with Gasteiger partial charge in [0.15, 0.2) is 11.5 Å². The summed E-state index contributed by atoms with van der Waals surface area (Å²) in [4.78, 5) is 25.0. The number of aromatic nitrogens is 2. The highest BCUT2D eigenvalue weighted by Crippen LogP contribution is 2.30. The van der Waals surface area contributed by atoms with Gasteiger partial charge in [0.2, 0.25) is 5.13 Å². The SMILES string of the molecule is COc1cc(/C=C(/C#N)C(=O)Nc2nnc(Cc3ccccc3)s2)ccc1OC(=O)c1ccc(F)cc1. The second kappa shape index (κ2) is 11.7. The first kappa shape index (κ1) is 25.2. The van der Waals surface area contributed by atoms with Crippen LogP contribution in [-0.4, -0.2) is 29.2 Å². The van der Waals surface area contributed by atoms with E-state index in [1.807, 2.05) is 36.4 Å². The molecule has 10 heteroatoms. The average Bonchev–Trinajstić information content (AvgIpc) is 3.35. The van der Waals surface area contributed by atoms with E-state index in [-0.39, 0.29) is 27.8 Å². The highest BCUT2D eigenvalue weighted by molar-refractivity contribution is 7.15. The van der Waals surface area contributed by atoms with Crippen LogP contribution in [0.2, 0.25) is 0 Å². The number of carbonyl (C=O) groups is 2. The van der Waals surface area contributed by atoms with Crippen LogP contribution in [0, 0.1) is 17.1 Å². The average molecular weight is 515 g/mol. The first-order valence-corrected chi connectivity index (χ1v) is 11.7. The minimum atomic E-state index is -0.692. The van der Waals surface area contributed by atoms with Crippen LogP contribution < -0.4 is 14.8 Å². The molecule has 0 fully saturated rings. The molecule has 1 N–H and O–H groups in total. The first-order valence-electron chi connectivity index (χ1n) is 10.9. The van der Waals surface area contributed by atoms with Crippen LogP contribution in [0.4, 0.5) is 9.52 Å². The number of nitrogens with zero attached hydrogens (tertiary/aromatic N) is 3. The number of hydrogen-bond donors (Lipinski definition) is 1. The number of anilines is 1. The third kappa shape index (κ3) is 6.62. The van der Waals surface area contributed by atoms with Crippen LogP contribution in [-0.2, 0) is 11.2 Å². The number of nitrogens with one attached hydrogen (secondary N) is 1. The number of methoxy groups -OCH3 is 1. The van der Waals surface area contributed by atoms with Gasteiger partial charge in [-0.1, -0.05) is 47.7 Å². The Morgan fingerprint density at radius 3 is 2.51 bits per heavy atom. The molecule has 3 aromatic carbocycles. The lowest BCUT2D eigenvalue weighted by Gasteiger charge is -2.10. The third-order valence-electron chi connectivity index (χ3n) is 5.03. The van der Waals surface area contributed by atoms with E-state index in [1.165, 1.54) is 48.8 Å². The fraction of sp³-hybridized carbons (Fsp3) is 0.0741. The first-order chi connectivity index (χ1) is 17.9. The Balaban J connectivity index is 1.45. The molecule has 8 nitrogen and oxygen atoms in total. The fourth-order valence-corrected chi connectivity index (χ4v) is 4.00. The molecule has 1 aromatic heterocycles. The van der Waals surface area contributed by atoms with Gasteiger partial charge in [-0.3, -0.25) is 10.1 Å². The Morgan fingerprint density at radius 2 is 1.81 bits per heavy atom. The standard InChI is InChI=1S/C27H19FN4O4S/c1-35-23-14-18(7-12-22(23)36-26(34)19-8-10-21(28)11-9-19)13-20(16-29)25(33)30-27-32-31-24(37-27)15-17-5-3-2-4-6-17/h2-14H,15H2,1H3,(H,30,32,33)/b20-13-. The molecule has 4 rings (SSSR count). The quantitative estimate of drug-likeness (QED) is 0.152. The molecule has 0 bridgehead atoms. The molecule has 0 aliphatic carbocycles. The van der Waals surface area contributed by atoms with Crippen LogP contribution in [0.1, 0.15) is 26.5 Å². The van der Waals surface area contributed by atoms with Crippen LogP contribution in [0.25, 0.3) is 6.08 Å². The zero-order chi connectivity index (χ0) is 26.2. The summed E-state index contributed by atoms with van der Waals surface area (Å²) >= 11 is 1.22. The molecule has 4 aromatic rings. The van der Waals surface area contributed by atoms with Gasteiger partial charge in [0.05, 0.1) is 12.7 Å². The summed E-state index contributed by atoms with van der Waals surface area (Å²) in [5.41, 5.74) is 1.53. The van der Waals surface area contributed by atoms with Gasteiger partial charge in [-0.15, -0.1) is 10.2 Å². The zero-order valence-electron chi connectivity index (χ0n) is 19.5. The van der Waals surface area contributed by atoms with Crippen LogP contribution in [0.3, 0.4) is 0 Å². The van der Waals surface area contributed by atoms with Crippen LogP contribution in [0.15, 0.2) is 78.4 Å². The van der Waals surface area contributed by atoms with Gasteiger partial charge in [0.25, 0.3) is 5.91 Å². The topological polar surface area (TPSA) is 114 Å². The molecule has 0 atom stereocenters. The van der Waals surface area contributed by atoms with Gasteiger partial charge in [-0.2, -0.15) is 5.26 Å². The number of nitriles is 1. The Bertz CT molecular complexity index is 1500. The van der Waals surface area contributed by atoms with Crippen molar-refractivity contribution in [1.82, 2.24) is 10.2 Å². The molecule has 0 saturated heterocycles. The van der Waals surface area contributed by atoms with Gasteiger partial charge < -0.3 is 9.47 Å². The van der Waals surface area contributed by atoms with E-state index in [4.69, 9.17) is 9.47 Å². The maximum atomic E-state index is 13.1. The second-order valence-corrected chi connectivity index (χ2v) is 8.66. The highest BCUT2D eigenvalue weighted by Gasteiger charge is 2.16. The number of hydrogen-bond acceptors (Lipinski definition) is 8. The number of carbonyl (C=O) groups excluding carboxylic acids is 2. The molecule has 0 spiro atoms. The maximum absolute atomic E-state index is 13.1. The van der Waals surface area contributed by atoms with Crippen molar-refractivity contribution in [2.75, 3.05) is 12.4 Å². The molecule has 0 aliphatic rings. The van der Waals surface area contributed by atoms with Crippen molar-refractivity contribution < 1.29 is 23.5 Å². The van der Waals surface area contributed by atoms with E-state index < -0.39 is 17.7 Å². The lowest BCUT2D eigenvalue weighted by molar-refractivity contribution is -0.112. The van der Waals surface area contributed by atoms with Crippen molar-refractivity contribution in [3.63, 3.8) is 0 Å². The second-order valence-electron chi connectivity index (χ2n) is 7.59. The molecule has 0 aliphatic heterocycles. The highest BCUT2D eigenvalue weighted by atomic mass is 32.1. The van der Waals surface area contributed by atoms with E-state index in [1.54, 1.807) is 6.07 Å². The maximum Gasteiger partial charge on any atom is 0.343 e. The Morgan fingerprint density at radius 1 is 1.05 bits per heavy atom. The largest absolute Gasteiger partial charge is 0.493 e. The molecule has 1 amide bonds. The monoisotopic (exact) mass is 514 g/mol. The fourth-order valence-electron chi connectivity index (χ4n) is 3.23. The number of rotatable bonds is 8. The molecule has 1 heterocycles. The predicted octanol–water partition coefficient (Wildman–Crippen LogP) is 5.04. The minimum absolute atomic E-state index is 0.122. The summed E-state index contributed by atoms with van der Waals surface area (Å²) < 4.78 is 23.8. The van der Waals surface area contributed by atoms with Gasteiger partial charge >= 0.3 is 5.97 Å². The zero-order valence-corrected chi connectivity index (χ0v) is 20.3. The van der Waals surface area contributed by atoms with E-state index in [0.717, 1.165) is 22.7 Å². The lowest BCUT2D eigenvalue weighted by Crippen LogP contribution is -2.13. The summed E-state index contributed by atoms with van der Waals surface area (Å²) in [6.07, 6.45) is 1.95. The molecule has 37 heavy (non-hydrogen) atoms.